The third-order valence-corrected chi connectivity index (χ3v) is 7.56. The van der Waals surface area contributed by atoms with Crippen LogP contribution in [0.1, 0.15) is 55.5 Å². The van der Waals surface area contributed by atoms with Crippen LogP contribution in [0.2, 0.25) is 0 Å². The second-order valence-corrected chi connectivity index (χ2v) is 10.7. The lowest BCUT2D eigenvalue weighted by molar-refractivity contribution is -0.135. The van der Waals surface area contributed by atoms with Crippen molar-refractivity contribution in [1.29, 1.82) is 0 Å². The van der Waals surface area contributed by atoms with Crippen molar-refractivity contribution < 1.29 is 14.3 Å². The topological polar surface area (TPSA) is 97.5 Å². The van der Waals surface area contributed by atoms with Crippen molar-refractivity contribution in [2.75, 3.05) is 4.90 Å². The molecule has 2 fully saturated rings. The average molecular weight is 499 g/mol. The number of hydrogen-bond acceptors (Lipinski definition) is 5. The van der Waals surface area contributed by atoms with Gasteiger partial charge in [0.1, 0.15) is 11.6 Å². The number of hydrogen-bond donors (Lipinski definition) is 2. The van der Waals surface area contributed by atoms with Crippen LogP contribution in [0, 0.1) is 6.92 Å². The highest BCUT2D eigenvalue weighted by Gasteiger charge is 2.43. The van der Waals surface area contributed by atoms with E-state index in [1.165, 1.54) is 0 Å². The molecule has 3 heterocycles. The van der Waals surface area contributed by atoms with Crippen LogP contribution in [0.4, 0.5) is 5.82 Å². The van der Waals surface area contributed by atoms with Gasteiger partial charge in [-0.1, -0.05) is 36.4 Å². The number of pyridine rings is 1. The molecule has 7 nitrogen and oxygen atoms in total. The number of benzene rings is 2. The van der Waals surface area contributed by atoms with Gasteiger partial charge in [0.05, 0.1) is 5.56 Å². The van der Waals surface area contributed by atoms with Gasteiger partial charge in [-0.2, -0.15) is 0 Å². The van der Waals surface area contributed by atoms with E-state index in [0.717, 1.165) is 48.2 Å². The Bertz CT molecular complexity index is 1280. The van der Waals surface area contributed by atoms with E-state index in [-0.39, 0.29) is 11.9 Å². The molecule has 2 unspecified atom stereocenters. The first-order chi connectivity index (χ1) is 17.7. The monoisotopic (exact) mass is 498 g/mol. The quantitative estimate of drug-likeness (QED) is 0.495. The normalized spacial score (nSPS) is 20.9. The Balaban J connectivity index is 1.22. The summed E-state index contributed by atoms with van der Waals surface area (Å²) in [6.07, 6.45) is 5.36. The summed E-state index contributed by atoms with van der Waals surface area (Å²) in [4.78, 5) is 31.5. The van der Waals surface area contributed by atoms with E-state index in [2.05, 4.69) is 33.4 Å². The maximum absolute atomic E-state index is 13.3. The minimum atomic E-state index is -1.01. The number of nitrogens with zero attached hydrogens (tertiary/aromatic N) is 2. The smallest absolute Gasteiger partial charge is 0.263 e. The van der Waals surface area contributed by atoms with E-state index in [4.69, 9.17) is 10.5 Å². The van der Waals surface area contributed by atoms with E-state index in [1.54, 1.807) is 12.3 Å². The third kappa shape index (κ3) is 5.17. The highest BCUT2D eigenvalue weighted by Crippen LogP contribution is 2.39. The minimum absolute atomic E-state index is 0.0792. The maximum Gasteiger partial charge on any atom is 0.263 e. The van der Waals surface area contributed by atoms with Crippen molar-refractivity contribution in [3.8, 4) is 16.9 Å². The van der Waals surface area contributed by atoms with Gasteiger partial charge < -0.3 is 20.7 Å². The molecular weight excluding hydrogens is 464 g/mol. The predicted octanol–water partition coefficient (Wildman–Crippen LogP) is 4.63. The van der Waals surface area contributed by atoms with E-state index >= 15 is 0 Å². The van der Waals surface area contributed by atoms with E-state index in [9.17, 15) is 9.59 Å². The Morgan fingerprint density at radius 2 is 1.70 bits per heavy atom. The summed E-state index contributed by atoms with van der Waals surface area (Å²) in [5, 5.41) is 3.26. The third-order valence-electron chi connectivity index (χ3n) is 7.56. The van der Waals surface area contributed by atoms with E-state index < -0.39 is 11.5 Å². The Morgan fingerprint density at radius 3 is 2.30 bits per heavy atom. The van der Waals surface area contributed by atoms with Gasteiger partial charge in [0.15, 0.2) is 5.60 Å². The average Bonchev–Trinajstić information content (AvgIpc) is 3.15. The minimum Gasteiger partial charge on any atom is -0.478 e. The predicted molar refractivity (Wildman–Crippen MR) is 145 cm³/mol. The number of carbonyl (C=O) groups is 2. The number of aryl methyl sites for hydroxylation is 1. The van der Waals surface area contributed by atoms with Crippen LogP contribution < -0.4 is 20.7 Å². The second kappa shape index (κ2) is 9.88. The van der Waals surface area contributed by atoms with Crippen molar-refractivity contribution >= 4 is 17.6 Å². The number of ether oxygens (including phenoxy) is 1. The van der Waals surface area contributed by atoms with E-state index in [1.807, 2.05) is 57.2 Å². The number of nitrogens with two attached hydrogens (primary N) is 1. The van der Waals surface area contributed by atoms with Gasteiger partial charge >= 0.3 is 0 Å². The number of anilines is 1. The van der Waals surface area contributed by atoms with Crippen LogP contribution >= 0.6 is 0 Å². The van der Waals surface area contributed by atoms with Crippen LogP contribution in [0.15, 0.2) is 66.9 Å². The molecule has 2 aliphatic rings. The number of aromatic nitrogens is 1. The zero-order valence-electron chi connectivity index (χ0n) is 21.6. The summed E-state index contributed by atoms with van der Waals surface area (Å²) < 4.78 is 6.25. The number of carbonyl (C=O) groups excluding carboxylic acids is 2. The fraction of sp³-hybridized carbons (Fsp3) is 0.367. The van der Waals surface area contributed by atoms with Gasteiger partial charge in [0.2, 0.25) is 5.91 Å². The zero-order chi connectivity index (χ0) is 26.2. The molecule has 3 N–H and O–H groups in total. The maximum atomic E-state index is 13.3. The van der Waals surface area contributed by atoms with Gasteiger partial charge in [-0.3, -0.25) is 9.59 Å². The van der Waals surface area contributed by atoms with Crippen molar-refractivity contribution in [2.45, 2.75) is 70.2 Å². The standard InChI is InChI=1S/C30H34N4O3/c1-19-15-21(20-7-5-4-6-8-20)9-13-26(19)37-30(2,3)29(36)33-23-16-24-11-12-25(17-23)34(24)27-14-10-22(18-32-27)28(31)35/h4-10,13-15,18,23-25H,11-12,16-17H2,1-3H3,(H2,31,35)(H,33,36). The Hall–Kier alpha value is -3.87. The largest absolute Gasteiger partial charge is 0.478 e. The number of nitrogens with one attached hydrogen (secondary N) is 1. The molecule has 7 heteroatoms. The van der Waals surface area contributed by atoms with Gasteiger partial charge in [0.25, 0.3) is 5.91 Å². The zero-order valence-corrected chi connectivity index (χ0v) is 21.6. The van der Waals surface area contributed by atoms with Crippen molar-refractivity contribution in [3.63, 3.8) is 0 Å². The molecule has 0 radical (unpaired) electrons. The molecule has 2 saturated heterocycles. The van der Waals surface area contributed by atoms with Gasteiger partial charge in [0, 0.05) is 24.3 Å². The molecule has 5 rings (SSSR count). The molecule has 0 saturated carbocycles. The fourth-order valence-electron chi connectivity index (χ4n) is 5.61. The molecule has 0 aliphatic carbocycles. The van der Waals surface area contributed by atoms with Crippen molar-refractivity contribution in [3.05, 3.63) is 78.0 Å². The lowest BCUT2D eigenvalue weighted by Crippen LogP contribution is -2.55. The SMILES string of the molecule is Cc1cc(-c2ccccc2)ccc1OC(C)(C)C(=O)NC1CC2CCC(C1)N2c1ccc(C(N)=O)cn1. The highest BCUT2D eigenvalue weighted by atomic mass is 16.5. The molecule has 2 aromatic carbocycles. The second-order valence-electron chi connectivity index (χ2n) is 10.7. The van der Waals surface area contributed by atoms with Crippen LogP contribution in [-0.4, -0.2) is 40.5 Å². The number of rotatable bonds is 7. The van der Waals surface area contributed by atoms with Gasteiger partial charge in [-0.05, 0) is 87.4 Å². The van der Waals surface area contributed by atoms with Crippen LogP contribution in [0.5, 0.6) is 5.75 Å². The summed E-state index contributed by atoms with van der Waals surface area (Å²) >= 11 is 0. The molecule has 37 heavy (non-hydrogen) atoms. The van der Waals surface area contributed by atoms with Crippen LogP contribution in [0.3, 0.4) is 0 Å². The summed E-state index contributed by atoms with van der Waals surface area (Å²) in [6, 6.07) is 20.6. The molecular formula is C30H34N4O3. The Labute approximate surface area is 218 Å². The summed E-state index contributed by atoms with van der Waals surface area (Å²) in [7, 11) is 0. The van der Waals surface area contributed by atoms with Crippen LogP contribution in [0.25, 0.3) is 11.1 Å². The number of piperidine rings is 1. The molecule has 0 spiro atoms. The summed E-state index contributed by atoms with van der Waals surface area (Å²) in [5.41, 5.74) is 8.00. The summed E-state index contributed by atoms with van der Waals surface area (Å²) in [5.74, 6) is 0.983. The first-order valence-electron chi connectivity index (χ1n) is 12.9. The van der Waals surface area contributed by atoms with Crippen molar-refractivity contribution in [1.82, 2.24) is 10.3 Å². The molecule has 2 aliphatic heterocycles. The van der Waals surface area contributed by atoms with Crippen LogP contribution in [-0.2, 0) is 4.79 Å². The summed E-state index contributed by atoms with van der Waals surface area (Å²) in [6.45, 7) is 5.65. The number of primary amides is 1. The first kappa shape index (κ1) is 24.8. The first-order valence-corrected chi connectivity index (χ1v) is 12.9. The molecule has 192 valence electrons. The lowest BCUT2D eigenvalue weighted by atomic mass is 9.96. The van der Waals surface area contributed by atoms with Gasteiger partial charge in [-0.15, -0.1) is 0 Å². The molecule has 3 aromatic rings. The van der Waals surface area contributed by atoms with Gasteiger partial charge in [-0.25, -0.2) is 4.98 Å². The fourth-order valence-corrected chi connectivity index (χ4v) is 5.61. The highest BCUT2D eigenvalue weighted by molar-refractivity contribution is 5.92. The lowest BCUT2D eigenvalue weighted by Gasteiger charge is -2.41. The Morgan fingerprint density at radius 1 is 1.00 bits per heavy atom. The molecule has 2 amide bonds. The number of amides is 2. The number of fused-ring (bicyclic) bond motifs is 2. The molecule has 2 bridgehead atoms. The Kier molecular flexibility index (Phi) is 6.63. The van der Waals surface area contributed by atoms with E-state index in [0.29, 0.717) is 23.4 Å². The molecule has 1 aromatic heterocycles. The van der Waals surface area contributed by atoms with Crippen molar-refractivity contribution in [2.24, 2.45) is 5.73 Å². The molecule has 2 atom stereocenters.